The van der Waals surface area contributed by atoms with Crippen LogP contribution in [0, 0.1) is 0 Å². The number of hydrogen-bond donors (Lipinski definition) is 3. The van der Waals surface area contributed by atoms with Crippen LogP contribution >= 0.6 is 0 Å². The molecule has 0 aliphatic heterocycles. The fourth-order valence-corrected chi connectivity index (χ4v) is 1.50. The number of carbonyl (C=O) groups is 2. The number of halogens is 3. The quantitative estimate of drug-likeness (QED) is 0.773. The van der Waals surface area contributed by atoms with Gasteiger partial charge in [-0.1, -0.05) is 18.2 Å². The highest BCUT2D eigenvalue weighted by atomic mass is 19.4. The number of amides is 2. The van der Waals surface area contributed by atoms with E-state index < -0.39 is 24.7 Å². The maximum Gasteiger partial charge on any atom is 0.405 e. The summed E-state index contributed by atoms with van der Waals surface area (Å²) in [7, 11) is 0. The standard InChI is InChI=1S/C12H13F3N2O3/c13-12(14,15)7-17-11(20)16-6-5-8-3-1-2-4-9(8)10(18)19/h1-4H,5-7H2,(H,18,19)(H2,16,17,20). The van der Waals surface area contributed by atoms with E-state index in [-0.39, 0.29) is 18.5 Å². The van der Waals surface area contributed by atoms with Gasteiger partial charge in [-0.25, -0.2) is 9.59 Å². The molecule has 0 spiro atoms. The average molecular weight is 290 g/mol. The van der Waals surface area contributed by atoms with Gasteiger partial charge >= 0.3 is 18.2 Å². The smallest absolute Gasteiger partial charge is 0.405 e. The summed E-state index contributed by atoms with van der Waals surface area (Å²) in [5.41, 5.74) is 0.598. The molecular formula is C12H13F3N2O3. The number of rotatable bonds is 5. The normalized spacial score (nSPS) is 10.9. The van der Waals surface area contributed by atoms with Gasteiger partial charge in [0.1, 0.15) is 6.54 Å². The molecule has 2 amide bonds. The number of carboxylic acids is 1. The van der Waals surface area contributed by atoms with Crippen LogP contribution in [0.1, 0.15) is 15.9 Å². The Kier molecular flexibility index (Phi) is 5.36. The minimum Gasteiger partial charge on any atom is -0.478 e. The van der Waals surface area contributed by atoms with Gasteiger partial charge in [-0.3, -0.25) is 0 Å². The Bertz CT molecular complexity index is 489. The van der Waals surface area contributed by atoms with Gasteiger partial charge in [-0.2, -0.15) is 13.2 Å². The van der Waals surface area contributed by atoms with E-state index in [4.69, 9.17) is 5.11 Å². The zero-order valence-corrected chi connectivity index (χ0v) is 10.3. The SMILES string of the molecule is O=C(NCCc1ccccc1C(=O)O)NCC(F)(F)F. The van der Waals surface area contributed by atoms with Crippen LogP contribution < -0.4 is 10.6 Å². The molecule has 110 valence electrons. The van der Waals surface area contributed by atoms with E-state index in [1.807, 2.05) is 0 Å². The second-order valence-electron chi connectivity index (χ2n) is 3.94. The average Bonchev–Trinajstić information content (AvgIpc) is 2.36. The van der Waals surface area contributed by atoms with E-state index in [2.05, 4.69) is 5.32 Å². The summed E-state index contributed by atoms with van der Waals surface area (Å²) in [4.78, 5) is 22.0. The third-order valence-electron chi connectivity index (χ3n) is 2.38. The van der Waals surface area contributed by atoms with Crippen molar-refractivity contribution in [1.29, 1.82) is 0 Å². The van der Waals surface area contributed by atoms with Crippen LogP contribution in [0.25, 0.3) is 0 Å². The van der Waals surface area contributed by atoms with Crippen LogP contribution in [0.15, 0.2) is 24.3 Å². The van der Waals surface area contributed by atoms with Crippen LogP contribution in [0.5, 0.6) is 0 Å². The number of benzene rings is 1. The van der Waals surface area contributed by atoms with Crippen molar-refractivity contribution in [3.8, 4) is 0 Å². The van der Waals surface area contributed by atoms with Crippen LogP contribution in [-0.4, -0.2) is 36.4 Å². The van der Waals surface area contributed by atoms with E-state index in [1.54, 1.807) is 23.5 Å². The first-order chi connectivity index (χ1) is 9.29. The maximum absolute atomic E-state index is 11.8. The largest absolute Gasteiger partial charge is 0.478 e. The lowest BCUT2D eigenvalue weighted by Crippen LogP contribution is -2.41. The summed E-state index contributed by atoms with van der Waals surface area (Å²) in [6, 6.07) is 5.26. The first-order valence-corrected chi connectivity index (χ1v) is 5.69. The Morgan fingerprint density at radius 1 is 1.15 bits per heavy atom. The van der Waals surface area contributed by atoms with Crippen LogP contribution in [0.4, 0.5) is 18.0 Å². The molecule has 0 saturated carbocycles. The molecule has 0 atom stereocenters. The third-order valence-corrected chi connectivity index (χ3v) is 2.38. The predicted molar refractivity (Wildman–Crippen MR) is 64.6 cm³/mol. The van der Waals surface area contributed by atoms with Gasteiger partial charge in [0.25, 0.3) is 0 Å². The molecule has 8 heteroatoms. The summed E-state index contributed by atoms with van der Waals surface area (Å²) < 4.78 is 35.5. The molecule has 0 radical (unpaired) electrons. The Balaban J connectivity index is 2.41. The summed E-state index contributed by atoms with van der Waals surface area (Å²) in [5, 5.41) is 12.8. The summed E-state index contributed by atoms with van der Waals surface area (Å²) in [6.45, 7) is -1.38. The Hall–Kier alpha value is -2.25. The van der Waals surface area contributed by atoms with Crippen molar-refractivity contribution in [3.63, 3.8) is 0 Å². The Morgan fingerprint density at radius 2 is 1.80 bits per heavy atom. The summed E-state index contributed by atoms with van der Waals surface area (Å²) in [5.74, 6) is -1.10. The molecule has 0 aliphatic rings. The molecule has 0 aliphatic carbocycles. The van der Waals surface area contributed by atoms with E-state index >= 15 is 0 Å². The van der Waals surface area contributed by atoms with Crippen LogP contribution in [0.3, 0.4) is 0 Å². The third kappa shape index (κ3) is 5.59. The second kappa shape index (κ2) is 6.78. The minimum absolute atomic E-state index is 0.0357. The number of aromatic carboxylic acids is 1. The van der Waals surface area contributed by atoms with Crippen LogP contribution in [0.2, 0.25) is 0 Å². The van der Waals surface area contributed by atoms with Crippen molar-refractivity contribution in [2.75, 3.05) is 13.1 Å². The highest BCUT2D eigenvalue weighted by Gasteiger charge is 2.27. The van der Waals surface area contributed by atoms with Crippen molar-refractivity contribution in [2.45, 2.75) is 12.6 Å². The minimum atomic E-state index is -4.47. The zero-order valence-electron chi connectivity index (χ0n) is 10.3. The summed E-state index contributed by atoms with van der Waals surface area (Å²) >= 11 is 0. The molecule has 1 aromatic rings. The molecule has 0 heterocycles. The van der Waals surface area contributed by atoms with Gasteiger partial charge in [-0.15, -0.1) is 0 Å². The number of nitrogens with one attached hydrogen (secondary N) is 2. The Labute approximate surface area is 112 Å². The molecule has 1 rings (SSSR count). The van der Waals surface area contributed by atoms with E-state index in [9.17, 15) is 22.8 Å². The number of carboxylic acid groups (broad SMARTS) is 1. The molecule has 20 heavy (non-hydrogen) atoms. The fourth-order valence-electron chi connectivity index (χ4n) is 1.50. The first kappa shape index (κ1) is 15.8. The van der Waals surface area contributed by atoms with Gasteiger partial charge in [0.05, 0.1) is 5.56 Å². The number of alkyl halides is 3. The molecule has 0 fully saturated rings. The van der Waals surface area contributed by atoms with Gasteiger partial charge in [0.15, 0.2) is 0 Å². The molecule has 0 aromatic heterocycles. The van der Waals surface area contributed by atoms with Gasteiger partial charge in [-0.05, 0) is 18.1 Å². The zero-order chi connectivity index (χ0) is 15.2. The predicted octanol–water partition coefficient (Wildman–Crippen LogP) is 1.79. The van der Waals surface area contributed by atoms with Crippen molar-refractivity contribution < 1.29 is 27.9 Å². The first-order valence-electron chi connectivity index (χ1n) is 5.69. The highest BCUT2D eigenvalue weighted by Crippen LogP contribution is 2.12. The molecule has 1 aromatic carbocycles. The molecule has 0 unspecified atom stereocenters. The highest BCUT2D eigenvalue weighted by molar-refractivity contribution is 5.89. The molecule has 5 nitrogen and oxygen atoms in total. The Morgan fingerprint density at radius 3 is 2.40 bits per heavy atom. The topological polar surface area (TPSA) is 78.4 Å². The maximum atomic E-state index is 11.8. The lowest BCUT2D eigenvalue weighted by atomic mass is 10.0. The molecule has 0 saturated heterocycles. The van der Waals surface area contributed by atoms with Crippen molar-refractivity contribution in [3.05, 3.63) is 35.4 Å². The van der Waals surface area contributed by atoms with E-state index in [0.717, 1.165) is 0 Å². The van der Waals surface area contributed by atoms with Gasteiger partial charge < -0.3 is 15.7 Å². The van der Waals surface area contributed by atoms with E-state index in [0.29, 0.717) is 5.56 Å². The molecule has 3 N–H and O–H groups in total. The lowest BCUT2D eigenvalue weighted by molar-refractivity contribution is -0.122. The van der Waals surface area contributed by atoms with Gasteiger partial charge in [0.2, 0.25) is 0 Å². The van der Waals surface area contributed by atoms with Crippen LogP contribution in [-0.2, 0) is 6.42 Å². The lowest BCUT2D eigenvalue weighted by Gasteiger charge is -2.10. The molecular weight excluding hydrogens is 277 g/mol. The molecule has 0 bridgehead atoms. The number of carbonyl (C=O) groups excluding carboxylic acids is 1. The van der Waals surface area contributed by atoms with E-state index in [1.165, 1.54) is 6.07 Å². The second-order valence-corrected chi connectivity index (χ2v) is 3.94. The van der Waals surface area contributed by atoms with Gasteiger partial charge in [0, 0.05) is 6.54 Å². The number of hydrogen-bond acceptors (Lipinski definition) is 2. The summed E-state index contributed by atoms with van der Waals surface area (Å²) in [6.07, 6.45) is -4.25. The fraction of sp³-hybridized carbons (Fsp3) is 0.333. The van der Waals surface area contributed by atoms with Crippen molar-refractivity contribution >= 4 is 12.0 Å². The van der Waals surface area contributed by atoms with Crippen molar-refractivity contribution in [2.24, 2.45) is 0 Å². The monoisotopic (exact) mass is 290 g/mol. The van der Waals surface area contributed by atoms with Crippen molar-refractivity contribution in [1.82, 2.24) is 10.6 Å². The number of urea groups is 1.